The number of anilines is 1. The number of aromatic nitrogens is 2. The number of hydrogen-bond donors (Lipinski definition) is 2. The van der Waals surface area contributed by atoms with Gasteiger partial charge in [0.05, 0.1) is 6.54 Å². The van der Waals surface area contributed by atoms with E-state index in [9.17, 15) is 4.79 Å². The molecule has 2 N–H and O–H groups in total. The third-order valence-corrected chi connectivity index (χ3v) is 4.36. The van der Waals surface area contributed by atoms with Crippen LogP contribution < -0.4 is 10.2 Å². The van der Waals surface area contributed by atoms with Crippen LogP contribution in [0, 0.1) is 5.92 Å². The Hall–Kier alpha value is -1.21. The lowest BCUT2D eigenvalue weighted by molar-refractivity contribution is -0.136. The van der Waals surface area contributed by atoms with Gasteiger partial charge in [-0.25, -0.2) is 4.98 Å². The SMILES string of the molecule is CC(C)(C)c1nsc(N2CCCC(CNCC(=O)O)C2)n1. The van der Waals surface area contributed by atoms with Crippen LogP contribution in [0.4, 0.5) is 5.13 Å². The Kier molecular flexibility index (Phi) is 5.16. The van der Waals surface area contributed by atoms with Crippen molar-refractivity contribution < 1.29 is 9.90 Å². The van der Waals surface area contributed by atoms with Crippen LogP contribution in [0.5, 0.6) is 0 Å². The fraction of sp³-hybridized carbons (Fsp3) is 0.786. The quantitative estimate of drug-likeness (QED) is 0.862. The van der Waals surface area contributed by atoms with Crippen molar-refractivity contribution in [2.45, 2.75) is 39.0 Å². The molecular weight excluding hydrogens is 288 g/mol. The summed E-state index contributed by atoms with van der Waals surface area (Å²) in [6.45, 7) is 9.06. The molecule has 7 heteroatoms. The minimum absolute atomic E-state index is 0.0209. The Morgan fingerprint density at radius 3 is 2.90 bits per heavy atom. The van der Waals surface area contributed by atoms with E-state index in [4.69, 9.17) is 5.11 Å². The molecule has 1 aromatic rings. The van der Waals surface area contributed by atoms with E-state index in [1.807, 2.05) is 0 Å². The highest BCUT2D eigenvalue weighted by atomic mass is 32.1. The summed E-state index contributed by atoms with van der Waals surface area (Å²) in [7, 11) is 0. The van der Waals surface area contributed by atoms with E-state index < -0.39 is 5.97 Å². The van der Waals surface area contributed by atoms with Gasteiger partial charge < -0.3 is 15.3 Å². The predicted octanol–water partition coefficient (Wildman–Crippen LogP) is 1.73. The van der Waals surface area contributed by atoms with Crippen molar-refractivity contribution in [3.63, 3.8) is 0 Å². The zero-order valence-corrected chi connectivity index (χ0v) is 13.7. The van der Waals surface area contributed by atoms with Gasteiger partial charge in [-0.2, -0.15) is 4.37 Å². The van der Waals surface area contributed by atoms with E-state index in [0.29, 0.717) is 5.92 Å². The van der Waals surface area contributed by atoms with Crippen LogP contribution in [0.15, 0.2) is 0 Å². The maximum atomic E-state index is 10.5. The van der Waals surface area contributed by atoms with Crippen molar-refractivity contribution in [3.8, 4) is 0 Å². The average Bonchev–Trinajstić information content (AvgIpc) is 2.88. The Labute approximate surface area is 129 Å². The molecule has 1 atom stereocenters. The molecule has 1 fully saturated rings. The van der Waals surface area contributed by atoms with Crippen molar-refractivity contribution in [2.75, 3.05) is 31.1 Å². The molecule has 0 radical (unpaired) electrons. The first-order valence-electron chi connectivity index (χ1n) is 7.38. The molecule has 6 nitrogen and oxygen atoms in total. The van der Waals surface area contributed by atoms with E-state index in [1.165, 1.54) is 11.5 Å². The second-order valence-corrected chi connectivity index (χ2v) is 7.36. The maximum Gasteiger partial charge on any atom is 0.317 e. The van der Waals surface area contributed by atoms with E-state index in [-0.39, 0.29) is 12.0 Å². The molecule has 21 heavy (non-hydrogen) atoms. The van der Waals surface area contributed by atoms with Crippen LogP contribution in [0.2, 0.25) is 0 Å². The highest BCUT2D eigenvalue weighted by Crippen LogP contribution is 2.28. The molecule has 1 aromatic heterocycles. The van der Waals surface area contributed by atoms with Crippen LogP contribution in [-0.2, 0) is 10.2 Å². The normalized spacial score (nSPS) is 19.8. The minimum atomic E-state index is -0.804. The zero-order valence-electron chi connectivity index (χ0n) is 12.9. The largest absolute Gasteiger partial charge is 0.480 e. The summed E-state index contributed by atoms with van der Waals surface area (Å²) in [4.78, 5) is 17.5. The van der Waals surface area contributed by atoms with Crippen LogP contribution in [0.3, 0.4) is 0 Å². The van der Waals surface area contributed by atoms with Gasteiger partial charge in [0, 0.05) is 36.6 Å². The lowest BCUT2D eigenvalue weighted by Gasteiger charge is -2.32. The summed E-state index contributed by atoms with van der Waals surface area (Å²) in [5, 5.41) is 12.6. The molecule has 0 saturated carbocycles. The number of carboxylic acid groups (broad SMARTS) is 1. The summed E-state index contributed by atoms with van der Waals surface area (Å²) in [5.74, 6) is 0.565. The molecule has 118 valence electrons. The Bertz CT molecular complexity index is 484. The van der Waals surface area contributed by atoms with Gasteiger partial charge in [-0.05, 0) is 18.8 Å². The number of carbonyl (C=O) groups is 1. The molecular formula is C14H24N4O2S. The monoisotopic (exact) mass is 312 g/mol. The highest BCUT2D eigenvalue weighted by Gasteiger charge is 2.25. The molecule has 0 aromatic carbocycles. The van der Waals surface area contributed by atoms with E-state index in [0.717, 1.165) is 43.4 Å². The number of nitrogens with one attached hydrogen (secondary N) is 1. The van der Waals surface area contributed by atoms with Gasteiger partial charge in [0.15, 0.2) is 0 Å². The number of carboxylic acids is 1. The molecule has 2 heterocycles. The van der Waals surface area contributed by atoms with Crippen molar-refractivity contribution in [2.24, 2.45) is 5.92 Å². The first kappa shape index (κ1) is 16.2. The molecule has 0 amide bonds. The van der Waals surface area contributed by atoms with E-state index in [1.54, 1.807) is 0 Å². The van der Waals surface area contributed by atoms with Gasteiger partial charge in [0.2, 0.25) is 5.13 Å². The molecule has 1 aliphatic heterocycles. The summed E-state index contributed by atoms with van der Waals surface area (Å²) in [5.41, 5.74) is -0.0209. The van der Waals surface area contributed by atoms with E-state index in [2.05, 4.69) is 40.3 Å². The molecule has 1 saturated heterocycles. The highest BCUT2D eigenvalue weighted by molar-refractivity contribution is 7.09. The molecule has 0 aliphatic carbocycles. The second-order valence-electron chi connectivity index (χ2n) is 6.63. The van der Waals surface area contributed by atoms with Gasteiger partial charge in [-0.1, -0.05) is 20.8 Å². The molecule has 2 rings (SSSR count). The fourth-order valence-corrected chi connectivity index (χ4v) is 3.33. The summed E-state index contributed by atoms with van der Waals surface area (Å²) >= 11 is 1.46. The number of aliphatic carboxylic acids is 1. The standard InChI is InChI=1S/C14H24N4O2S/c1-14(2,3)12-16-13(21-17-12)18-6-4-5-10(9-18)7-15-8-11(19)20/h10,15H,4-9H2,1-3H3,(H,19,20). The van der Waals surface area contributed by atoms with E-state index >= 15 is 0 Å². The van der Waals surface area contributed by atoms with Gasteiger partial charge in [0.25, 0.3) is 0 Å². The molecule has 0 bridgehead atoms. The van der Waals surface area contributed by atoms with Crippen molar-refractivity contribution in [1.29, 1.82) is 0 Å². The summed E-state index contributed by atoms with van der Waals surface area (Å²) < 4.78 is 4.47. The second kappa shape index (κ2) is 6.70. The topological polar surface area (TPSA) is 78.4 Å². The number of rotatable bonds is 5. The first-order chi connectivity index (χ1) is 9.86. The van der Waals surface area contributed by atoms with Gasteiger partial charge in [-0.3, -0.25) is 4.79 Å². The van der Waals surface area contributed by atoms with Gasteiger partial charge in [-0.15, -0.1) is 0 Å². The number of nitrogens with zero attached hydrogens (tertiary/aromatic N) is 3. The Morgan fingerprint density at radius 2 is 2.29 bits per heavy atom. The third kappa shape index (κ3) is 4.64. The fourth-order valence-electron chi connectivity index (χ4n) is 2.44. The predicted molar refractivity (Wildman–Crippen MR) is 84.1 cm³/mol. The molecule has 1 aliphatic rings. The minimum Gasteiger partial charge on any atom is -0.480 e. The van der Waals surface area contributed by atoms with Gasteiger partial charge >= 0.3 is 5.97 Å². The van der Waals surface area contributed by atoms with Crippen LogP contribution in [0.1, 0.15) is 39.4 Å². The Balaban J connectivity index is 1.91. The van der Waals surface area contributed by atoms with Crippen molar-refractivity contribution in [1.82, 2.24) is 14.7 Å². The molecule has 0 spiro atoms. The third-order valence-electron chi connectivity index (χ3n) is 3.58. The summed E-state index contributed by atoms with van der Waals surface area (Å²) in [6, 6.07) is 0. The van der Waals surface area contributed by atoms with Crippen LogP contribution in [0.25, 0.3) is 0 Å². The maximum absolute atomic E-state index is 10.5. The lowest BCUT2D eigenvalue weighted by atomic mass is 9.96. The number of piperidine rings is 1. The first-order valence-corrected chi connectivity index (χ1v) is 8.15. The summed E-state index contributed by atoms with van der Waals surface area (Å²) in [6.07, 6.45) is 2.25. The average molecular weight is 312 g/mol. The number of hydrogen-bond acceptors (Lipinski definition) is 6. The van der Waals surface area contributed by atoms with Crippen LogP contribution >= 0.6 is 11.5 Å². The zero-order chi connectivity index (χ0) is 15.5. The molecule has 1 unspecified atom stereocenters. The lowest BCUT2D eigenvalue weighted by Crippen LogP contribution is -2.40. The van der Waals surface area contributed by atoms with Crippen molar-refractivity contribution in [3.05, 3.63) is 5.82 Å². The van der Waals surface area contributed by atoms with Crippen LogP contribution in [-0.4, -0.2) is 46.6 Å². The smallest absolute Gasteiger partial charge is 0.317 e. The van der Waals surface area contributed by atoms with Crippen molar-refractivity contribution >= 4 is 22.6 Å². The Morgan fingerprint density at radius 1 is 1.52 bits per heavy atom. The van der Waals surface area contributed by atoms with Gasteiger partial charge in [0.1, 0.15) is 5.82 Å².